The maximum Gasteiger partial charge on any atom is 0.407 e. The summed E-state index contributed by atoms with van der Waals surface area (Å²) >= 11 is 0. The van der Waals surface area contributed by atoms with Crippen molar-refractivity contribution in [3.05, 3.63) is 35.9 Å². The van der Waals surface area contributed by atoms with Gasteiger partial charge in [-0.25, -0.2) is 4.79 Å². The molecular weight excluding hydrogens is 282 g/mol. The Balaban J connectivity index is 1.66. The van der Waals surface area contributed by atoms with E-state index in [2.05, 4.69) is 5.32 Å². The molecule has 2 amide bonds. The number of carbonyl (C=O) groups excluding carboxylic acids is 2. The van der Waals surface area contributed by atoms with Crippen molar-refractivity contribution in [3.63, 3.8) is 0 Å². The molecule has 1 saturated heterocycles. The summed E-state index contributed by atoms with van der Waals surface area (Å²) in [6.45, 7) is 3.79. The SMILES string of the molecule is C[C@H](N)C(=O)N1CCC(CNC(=O)OCc2ccccc2)C1. The molecule has 1 heterocycles. The number of rotatable bonds is 5. The highest BCUT2D eigenvalue weighted by molar-refractivity contribution is 5.81. The van der Waals surface area contributed by atoms with Crippen LogP contribution in [0.3, 0.4) is 0 Å². The van der Waals surface area contributed by atoms with Crippen molar-refractivity contribution < 1.29 is 14.3 Å². The van der Waals surface area contributed by atoms with Gasteiger partial charge in [0.1, 0.15) is 6.61 Å². The summed E-state index contributed by atoms with van der Waals surface area (Å²) in [4.78, 5) is 25.2. The van der Waals surface area contributed by atoms with Crippen LogP contribution in [0, 0.1) is 5.92 Å². The second-order valence-electron chi connectivity index (χ2n) is 5.67. The summed E-state index contributed by atoms with van der Waals surface area (Å²) in [6.07, 6.45) is 0.443. The molecule has 1 aliphatic rings. The molecule has 6 nitrogen and oxygen atoms in total. The number of nitrogens with zero attached hydrogens (tertiary/aromatic N) is 1. The first-order valence-corrected chi connectivity index (χ1v) is 7.55. The molecule has 0 spiro atoms. The Morgan fingerprint density at radius 1 is 1.41 bits per heavy atom. The molecule has 0 bridgehead atoms. The van der Waals surface area contributed by atoms with E-state index in [-0.39, 0.29) is 18.4 Å². The van der Waals surface area contributed by atoms with Crippen LogP contribution in [0.15, 0.2) is 30.3 Å². The van der Waals surface area contributed by atoms with Gasteiger partial charge in [0.15, 0.2) is 0 Å². The van der Waals surface area contributed by atoms with Crippen LogP contribution in [0.2, 0.25) is 0 Å². The van der Waals surface area contributed by atoms with Gasteiger partial charge in [0, 0.05) is 19.6 Å². The molecule has 0 saturated carbocycles. The number of amides is 2. The van der Waals surface area contributed by atoms with Gasteiger partial charge in [0.25, 0.3) is 0 Å². The lowest BCUT2D eigenvalue weighted by atomic mass is 10.1. The standard InChI is InChI=1S/C16H23N3O3/c1-12(17)15(20)19-8-7-14(10-19)9-18-16(21)22-11-13-5-3-2-4-6-13/h2-6,12,14H,7-11,17H2,1H3,(H,18,21)/t12-,14?/m0/s1. The molecule has 2 rings (SSSR count). The molecule has 1 unspecified atom stereocenters. The maximum atomic E-state index is 11.8. The highest BCUT2D eigenvalue weighted by atomic mass is 16.5. The molecule has 6 heteroatoms. The lowest BCUT2D eigenvalue weighted by molar-refractivity contribution is -0.131. The summed E-state index contributed by atoms with van der Waals surface area (Å²) < 4.78 is 5.15. The third-order valence-corrected chi connectivity index (χ3v) is 3.73. The van der Waals surface area contributed by atoms with E-state index in [1.165, 1.54) is 0 Å². The fraction of sp³-hybridized carbons (Fsp3) is 0.500. The summed E-state index contributed by atoms with van der Waals surface area (Å²) in [5.74, 6) is 0.223. The van der Waals surface area contributed by atoms with Crippen molar-refractivity contribution in [1.29, 1.82) is 0 Å². The molecule has 0 aliphatic carbocycles. The van der Waals surface area contributed by atoms with Crippen LogP contribution in [0.4, 0.5) is 4.79 Å². The molecule has 22 heavy (non-hydrogen) atoms. The predicted octanol–water partition coefficient (Wildman–Crippen LogP) is 1.11. The van der Waals surface area contributed by atoms with Crippen LogP contribution in [0.1, 0.15) is 18.9 Å². The number of hydrogen-bond acceptors (Lipinski definition) is 4. The monoisotopic (exact) mass is 305 g/mol. The molecule has 0 radical (unpaired) electrons. The Labute approximate surface area is 130 Å². The zero-order valence-electron chi connectivity index (χ0n) is 12.8. The largest absolute Gasteiger partial charge is 0.445 e. The second-order valence-corrected chi connectivity index (χ2v) is 5.67. The number of carbonyl (C=O) groups is 2. The second kappa shape index (κ2) is 7.79. The summed E-state index contributed by atoms with van der Waals surface area (Å²) in [5, 5.41) is 2.75. The molecule has 1 aromatic rings. The van der Waals surface area contributed by atoms with E-state index in [1.54, 1.807) is 11.8 Å². The van der Waals surface area contributed by atoms with E-state index in [9.17, 15) is 9.59 Å². The number of hydrogen-bond donors (Lipinski definition) is 2. The lowest BCUT2D eigenvalue weighted by Gasteiger charge is -2.18. The molecule has 2 atom stereocenters. The van der Waals surface area contributed by atoms with Crippen molar-refractivity contribution in [2.24, 2.45) is 11.7 Å². The number of ether oxygens (including phenoxy) is 1. The minimum atomic E-state index is -0.470. The smallest absolute Gasteiger partial charge is 0.407 e. The molecule has 1 aromatic carbocycles. The van der Waals surface area contributed by atoms with Gasteiger partial charge < -0.3 is 20.7 Å². The van der Waals surface area contributed by atoms with Crippen molar-refractivity contribution in [2.75, 3.05) is 19.6 Å². The van der Waals surface area contributed by atoms with Crippen molar-refractivity contribution >= 4 is 12.0 Å². The van der Waals surface area contributed by atoms with E-state index >= 15 is 0 Å². The average Bonchev–Trinajstić information content (AvgIpc) is 3.00. The van der Waals surface area contributed by atoms with Crippen LogP contribution in [0.25, 0.3) is 0 Å². The topological polar surface area (TPSA) is 84.7 Å². The zero-order chi connectivity index (χ0) is 15.9. The van der Waals surface area contributed by atoms with Gasteiger partial charge in [-0.05, 0) is 24.8 Å². The Morgan fingerprint density at radius 2 is 2.14 bits per heavy atom. The highest BCUT2D eigenvalue weighted by Gasteiger charge is 2.27. The first kappa shape index (κ1) is 16.3. The van der Waals surface area contributed by atoms with E-state index < -0.39 is 12.1 Å². The summed E-state index contributed by atoms with van der Waals surface area (Å²) in [7, 11) is 0. The number of alkyl carbamates (subject to hydrolysis) is 1. The molecule has 0 aromatic heterocycles. The normalized spacial score (nSPS) is 18.8. The highest BCUT2D eigenvalue weighted by Crippen LogP contribution is 2.16. The fourth-order valence-electron chi connectivity index (χ4n) is 2.49. The summed E-state index contributed by atoms with van der Waals surface area (Å²) in [6, 6.07) is 9.06. The fourth-order valence-corrected chi connectivity index (χ4v) is 2.49. The van der Waals surface area contributed by atoms with Crippen LogP contribution in [-0.2, 0) is 16.1 Å². The van der Waals surface area contributed by atoms with Crippen LogP contribution in [-0.4, -0.2) is 42.6 Å². The first-order valence-electron chi connectivity index (χ1n) is 7.55. The molecule has 3 N–H and O–H groups in total. The van der Waals surface area contributed by atoms with Gasteiger partial charge in [-0.15, -0.1) is 0 Å². The van der Waals surface area contributed by atoms with Crippen molar-refractivity contribution in [2.45, 2.75) is 26.0 Å². The zero-order valence-corrected chi connectivity index (χ0v) is 12.8. The maximum absolute atomic E-state index is 11.8. The molecule has 1 aliphatic heterocycles. The number of nitrogens with two attached hydrogens (primary N) is 1. The van der Waals surface area contributed by atoms with Crippen molar-refractivity contribution in [1.82, 2.24) is 10.2 Å². The predicted molar refractivity (Wildman–Crippen MR) is 83.0 cm³/mol. The Morgan fingerprint density at radius 3 is 2.82 bits per heavy atom. The van der Waals surface area contributed by atoms with Crippen LogP contribution < -0.4 is 11.1 Å². The van der Waals surface area contributed by atoms with Gasteiger partial charge in [-0.3, -0.25) is 4.79 Å². The van der Waals surface area contributed by atoms with Crippen molar-refractivity contribution in [3.8, 4) is 0 Å². The van der Waals surface area contributed by atoms with Crippen LogP contribution in [0.5, 0.6) is 0 Å². The minimum absolute atomic E-state index is 0.0332. The molecular formula is C16H23N3O3. The Bertz CT molecular complexity index is 505. The van der Waals surface area contributed by atoms with E-state index in [4.69, 9.17) is 10.5 Å². The van der Waals surface area contributed by atoms with E-state index in [0.29, 0.717) is 19.6 Å². The minimum Gasteiger partial charge on any atom is -0.445 e. The van der Waals surface area contributed by atoms with E-state index in [1.807, 2.05) is 30.3 Å². The number of benzene rings is 1. The molecule has 1 fully saturated rings. The third kappa shape index (κ3) is 4.73. The molecule has 120 valence electrons. The van der Waals surface area contributed by atoms with Gasteiger partial charge in [-0.1, -0.05) is 30.3 Å². The first-order chi connectivity index (χ1) is 10.6. The van der Waals surface area contributed by atoms with Gasteiger partial charge >= 0.3 is 6.09 Å². The van der Waals surface area contributed by atoms with Gasteiger partial charge in [-0.2, -0.15) is 0 Å². The Kier molecular flexibility index (Phi) is 5.77. The van der Waals surface area contributed by atoms with Gasteiger partial charge in [0.2, 0.25) is 5.91 Å². The third-order valence-electron chi connectivity index (χ3n) is 3.73. The van der Waals surface area contributed by atoms with Crippen LogP contribution >= 0.6 is 0 Å². The van der Waals surface area contributed by atoms with E-state index in [0.717, 1.165) is 12.0 Å². The number of nitrogens with one attached hydrogen (secondary N) is 1. The van der Waals surface area contributed by atoms with Gasteiger partial charge in [0.05, 0.1) is 6.04 Å². The summed E-state index contributed by atoms with van der Waals surface area (Å²) in [5.41, 5.74) is 6.55. The Hall–Kier alpha value is -2.08. The lowest BCUT2D eigenvalue weighted by Crippen LogP contribution is -2.41. The quantitative estimate of drug-likeness (QED) is 0.853. The number of likely N-dealkylation sites (tertiary alicyclic amines) is 1. The average molecular weight is 305 g/mol.